The van der Waals surface area contributed by atoms with Gasteiger partial charge in [0, 0.05) is 5.54 Å². The predicted octanol–water partition coefficient (Wildman–Crippen LogP) is 2.23. The third-order valence-corrected chi connectivity index (χ3v) is 2.90. The quantitative estimate of drug-likeness (QED) is 0.819. The van der Waals surface area contributed by atoms with Crippen LogP contribution in [0.5, 0.6) is 0 Å². The lowest BCUT2D eigenvalue weighted by atomic mass is 10.0. The van der Waals surface area contributed by atoms with E-state index in [2.05, 4.69) is 0 Å². The molecule has 5 heteroatoms. The summed E-state index contributed by atoms with van der Waals surface area (Å²) in [5.41, 5.74) is 6.21. The van der Waals surface area contributed by atoms with E-state index in [0.717, 1.165) is 18.4 Å². The molecule has 0 spiro atoms. The molecule has 0 saturated heterocycles. The fourth-order valence-corrected chi connectivity index (χ4v) is 1.61. The summed E-state index contributed by atoms with van der Waals surface area (Å²) in [5, 5.41) is 9.01. The zero-order valence-electron chi connectivity index (χ0n) is 8.46. The third kappa shape index (κ3) is 2.05. The number of hydrogen-bond donors (Lipinski definition) is 2. The highest BCUT2D eigenvalue weighted by Crippen LogP contribution is 2.43. The van der Waals surface area contributed by atoms with Crippen LogP contribution < -0.4 is 5.73 Å². The summed E-state index contributed by atoms with van der Waals surface area (Å²) in [6.45, 7) is 0. The van der Waals surface area contributed by atoms with Crippen molar-refractivity contribution < 1.29 is 18.3 Å². The van der Waals surface area contributed by atoms with Gasteiger partial charge in [-0.05, 0) is 24.0 Å². The number of hydrogen-bond acceptors (Lipinski definition) is 2. The summed E-state index contributed by atoms with van der Waals surface area (Å²) in [4.78, 5) is 0. The van der Waals surface area contributed by atoms with Gasteiger partial charge in [0.1, 0.15) is 0 Å². The maximum Gasteiger partial charge on any atom is 0.418 e. The van der Waals surface area contributed by atoms with E-state index in [1.165, 1.54) is 12.1 Å². The van der Waals surface area contributed by atoms with Crippen molar-refractivity contribution >= 4 is 0 Å². The molecule has 1 unspecified atom stereocenters. The first-order valence-electron chi connectivity index (χ1n) is 4.97. The van der Waals surface area contributed by atoms with E-state index in [0.29, 0.717) is 0 Å². The molecular weight excluding hydrogens is 219 g/mol. The molecule has 3 N–H and O–H groups in total. The van der Waals surface area contributed by atoms with Crippen LogP contribution in [0.15, 0.2) is 24.3 Å². The van der Waals surface area contributed by atoms with Crippen molar-refractivity contribution in [2.24, 2.45) is 5.73 Å². The largest absolute Gasteiger partial charge is 0.418 e. The molecule has 1 aromatic carbocycles. The average molecular weight is 231 g/mol. The topological polar surface area (TPSA) is 46.2 Å². The van der Waals surface area contributed by atoms with Crippen molar-refractivity contribution in [2.75, 3.05) is 0 Å². The summed E-state index contributed by atoms with van der Waals surface area (Å²) >= 11 is 0. The van der Waals surface area contributed by atoms with E-state index >= 15 is 0 Å². The minimum Gasteiger partial charge on any atom is -0.379 e. The maximum absolute atomic E-state index is 12.2. The van der Waals surface area contributed by atoms with E-state index in [1.807, 2.05) is 0 Å². The minimum absolute atomic E-state index is 0.152. The molecule has 1 atom stereocenters. The van der Waals surface area contributed by atoms with Crippen molar-refractivity contribution in [3.05, 3.63) is 35.4 Å². The van der Waals surface area contributed by atoms with Crippen LogP contribution in [0.2, 0.25) is 0 Å². The molecule has 0 heterocycles. The summed E-state index contributed by atoms with van der Waals surface area (Å²) in [5.74, 6) is 0. The second kappa shape index (κ2) is 3.46. The molecule has 2 nitrogen and oxygen atoms in total. The van der Waals surface area contributed by atoms with Gasteiger partial charge in [-0.25, -0.2) is 0 Å². The lowest BCUT2D eigenvalue weighted by Crippen LogP contribution is -2.21. The zero-order chi connectivity index (χ0) is 12.0. The molecule has 0 bridgehead atoms. The van der Waals surface area contributed by atoms with E-state index in [9.17, 15) is 13.2 Å². The lowest BCUT2D eigenvalue weighted by molar-refractivity contribution is -0.206. The third-order valence-electron chi connectivity index (χ3n) is 2.90. The minimum atomic E-state index is -4.62. The second-order valence-electron chi connectivity index (χ2n) is 4.22. The van der Waals surface area contributed by atoms with Gasteiger partial charge in [0.05, 0.1) is 0 Å². The van der Waals surface area contributed by atoms with Gasteiger partial charge >= 0.3 is 6.18 Å². The maximum atomic E-state index is 12.2. The Kier molecular flexibility index (Phi) is 2.47. The van der Waals surface area contributed by atoms with Gasteiger partial charge in [-0.2, -0.15) is 13.2 Å². The Labute approximate surface area is 90.9 Å². The van der Waals surface area contributed by atoms with Crippen LogP contribution in [-0.2, 0) is 5.54 Å². The van der Waals surface area contributed by atoms with Gasteiger partial charge in [0.2, 0.25) is 0 Å². The van der Waals surface area contributed by atoms with E-state index in [1.54, 1.807) is 12.1 Å². The molecule has 1 aliphatic carbocycles. The summed E-state index contributed by atoms with van der Waals surface area (Å²) < 4.78 is 36.6. The van der Waals surface area contributed by atoms with E-state index in [-0.39, 0.29) is 11.1 Å². The van der Waals surface area contributed by atoms with Crippen molar-refractivity contribution in [2.45, 2.75) is 30.7 Å². The molecule has 2 rings (SSSR count). The smallest absolute Gasteiger partial charge is 0.379 e. The lowest BCUT2D eigenvalue weighted by Gasteiger charge is -2.16. The fraction of sp³-hybridized carbons (Fsp3) is 0.455. The molecule has 16 heavy (non-hydrogen) atoms. The fourth-order valence-electron chi connectivity index (χ4n) is 1.61. The van der Waals surface area contributed by atoms with Crippen LogP contribution in [0, 0.1) is 0 Å². The van der Waals surface area contributed by atoms with Gasteiger partial charge < -0.3 is 10.8 Å². The zero-order valence-corrected chi connectivity index (χ0v) is 8.46. The number of nitrogens with two attached hydrogens (primary N) is 1. The molecule has 1 aromatic rings. The van der Waals surface area contributed by atoms with Gasteiger partial charge in [0.15, 0.2) is 6.10 Å². The Bertz CT molecular complexity index is 381. The Hall–Kier alpha value is -1.07. The van der Waals surface area contributed by atoms with Crippen molar-refractivity contribution in [3.8, 4) is 0 Å². The predicted molar refractivity (Wildman–Crippen MR) is 52.6 cm³/mol. The van der Waals surface area contributed by atoms with Crippen molar-refractivity contribution in [3.63, 3.8) is 0 Å². The van der Waals surface area contributed by atoms with Crippen LogP contribution in [0.4, 0.5) is 13.2 Å². The number of halogens is 3. The second-order valence-corrected chi connectivity index (χ2v) is 4.22. The summed E-state index contributed by atoms with van der Waals surface area (Å²) in [6.07, 6.45) is -5.33. The van der Waals surface area contributed by atoms with Crippen LogP contribution in [0.3, 0.4) is 0 Å². The summed E-state index contributed by atoms with van der Waals surface area (Å²) in [6, 6.07) is 5.66. The average Bonchev–Trinajstić information content (AvgIpc) is 2.96. The highest BCUT2D eigenvalue weighted by Gasteiger charge is 2.41. The molecule has 1 aliphatic rings. The van der Waals surface area contributed by atoms with Gasteiger partial charge in [0.25, 0.3) is 0 Å². The van der Waals surface area contributed by atoms with Crippen LogP contribution in [-0.4, -0.2) is 11.3 Å². The first-order valence-corrected chi connectivity index (χ1v) is 4.97. The number of rotatable bonds is 2. The Morgan fingerprint density at radius 1 is 1.19 bits per heavy atom. The first kappa shape index (κ1) is 11.4. The number of alkyl halides is 3. The summed E-state index contributed by atoms with van der Waals surface area (Å²) in [7, 11) is 0. The van der Waals surface area contributed by atoms with Gasteiger partial charge in [-0.15, -0.1) is 0 Å². The Morgan fingerprint density at radius 2 is 1.69 bits per heavy atom. The van der Waals surface area contributed by atoms with Gasteiger partial charge in [-0.1, -0.05) is 24.3 Å². The van der Waals surface area contributed by atoms with Crippen molar-refractivity contribution in [1.82, 2.24) is 0 Å². The highest BCUT2D eigenvalue weighted by atomic mass is 19.4. The molecule has 0 amide bonds. The molecule has 0 radical (unpaired) electrons. The molecule has 1 saturated carbocycles. The van der Waals surface area contributed by atoms with Crippen LogP contribution in [0.1, 0.15) is 30.1 Å². The van der Waals surface area contributed by atoms with Crippen LogP contribution >= 0.6 is 0 Å². The standard InChI is InChI=1S/C11H12F3NO/c12-11(13,14)9(16)7-1-3-8(4-2-7)10(15)5-6-10/h1-4,9,16H,5-6,15H2. The van der Waals surface area contributed by atoms with Gasteiger partial charge in [-0.3, -0.25) is 0 Å². The SMILES string of the molecule is NC1(c2ccc(C(O)C(F)(F)F)cc2)CC1. The number of aliphatic hydroxyl groups is 1. The molecule has 1 fully saturated rings. The number of benzene rings is 1. The Balaban J connectivity index is 2.19. The van der Waals surface area contributed by atoms with Crippen LogP contribution in [0.25, 0.3) is 0 Å². The number of aliphatic hydroxyl groups excluding tert-OH is 1. The monoisotopic (exact) mass is 231 g/mol. The molecule has 0 aromatic heterocycles. The normalized spacial score (nSPS) is 20.6. The molecule has 0 aliphatic heterocycles. The first-order chi connectivity index (χ1) is 7.33. The molecular formula is C11H12F3NO. The van der Waals surface area contributed by atoms with Crippen molar-refractivity contribution in [1.29, 1.82) is 0 Å². The molecule has 88 valence electrons. The van der Waals surface area contributed by atoms with E-state index in [4.69, 9.17) is 10.8 Å². The highest BCUT2D eigenvalue weighted by molar-refractivity contribution is 5.33. The van der Waals surface area contributed by atoms with E-state index < -0.39 is 12.3 Å². The Morgan fingerprint density at radius 3 is 2.06 bits per heavy atom.